The Hall–Kier alpha value is -2.67. The number of carboxylic acid groups (broad SMARTS) is 1. The lowest BCUT2D eigenvalue weighted by atomic mass is 10.0. The molecule has 0 amide bonds. The molecule has 0 saturated carbocycles. The zero-order valence-corrected chi connectivity index (χ0v) is 17.5. The van der Waals surface area contributed by atoms with Gasteiger partial charge in [-0.3, -0.25) is 14.5 Å². The molecule has 3 aromatic rings. The van der Waals surface area contributed by atoms with Crippen molar-refractivity contribution in [1.82, 2.24) is 4.90 Å². The quantitative estimate of drug-likeness (QED) is 0.506. The summed E-state index contributed by atoms with van der Waals surface area (Å²) in [5.74, 6) is -0.229. The number of aliphatic carboxylic acids is 1. The Bertz CT molecular complexity index is 945. The van der Waals surface area contributed by atoms with E-state index < -0.39 is 5.97 Å². The van der Waals surface area contributed by atoms with Gasteiger partial charge in [-0.2, -0.15) is 0 Å². The van der Waals surface area contributed by atoms with Gasteiger partial charge in [0.1, 0.15) is 12.4 Å². The highest BCUT2D eigenvalue weighted by Crippen LogP contribution is 2.34. The molecule has 2 aromatic carbocycles. The second kappa shape index (κ2) is 10.8. The number of carboxylic acids is 1. The van der Waals surface area contributed by atoms with Crippen LogP contribution in [0.15, 0.2) is 66.0 Å². The molecule has 1 aromatic heterocycles. The van der Waals surface area contributed by atoms with Crippen LogP contribution in [-0.2, 0) is 4.79 Å². The van der Waals surface area contributed by atoms with E-state index >= 15 is 0 Å². The van der Waals surface area contributed by atoms with Gasteiger partial charge in [0.05, 0.1) is 6.54 Å². The number of benzene rings is 2. The first-order chi connectivity index (χ1) is 13.5. The number of carbonyl (C=O) groups is 2. The minimum Gasteiger partial charge on any atom is -0.492 e. The minimum atomic E-state index is -0.870. The zero-order valence-electron chi connectivity index (χ0n) is 15.9. The third kappa shape index (κ3) is 6.15. The average molecular weight is 432 g/mol. The molecular formula is C22H22ClNO4S. The lowest BCUT2D eigenvalue weighted by Gasteiger charge is -2.16. The Labute approximate surface area is 180 Å². The van der Waals surface area contributed by atoms with Crippen molar-refractivity contribution in [2.24, 2.45) is 0 Å². The van der Waals surface area contributed by atoms with Gasteiger partial charge in [0.2, 0.25) is 0 Å². The summed E-state index contributed by atoms with van der Waals surface area (Å²) in [5.41, 5.74) is 2.10. The highest BCUT2D eigenvalue weighted by atomic mass is 35.5. The molecule has 152 valence electrons. The normalized spacial score (nSPS) is 10.4. The summed E-state index contributed by atoms with van der Waals surface area (Å²) in [6.45, 7) is 0.806. The third-order valence-corrected chi connectivity index (χ3v) is 5.10. The van der Waals surface area contributed by atoms with Crippen LogP contribution >= 0.6 is 23.7 Å². The maximum atomic E-state index is 12.8. The fraction of sp³-hybridized carbons (Fsp3) is 0.182. The van der Waals surface area contributed by atoms with E-state index in [9.17, 15) is 9.59 Å². The van der Waals surface area contributed by atoms with E-state index in [4.69, 9.17) is 9.84 Å². The summed E-state index contributed by atoms with van der Waals surface area (Å²) in [6, 6.07) is 18.5. The molecule has 0 saturated heterocycles. The number of carbonyl (C=O) groups excluding carboxylic acids is 1. The maximum absolute atomic E-state index is 12.8. The summed E-state index contributed by atoms with van der Waals surface area (Å²) < 4.78 is 5.91. The SMILES string of the molecule is CN(CCOc1ccc(C(=O)c2ccccc2)cc1-c1cccs1)CC(=O)O.Cl. The molecule has 0 fully saturated rings. The van der Waals surface area contributed by atoms with E-state index in [1.165, 1.54) is 0 Å². The van der Waals surface area contributed by atoms with Crippen LogP contribution in [0.1, 0.15) is 15.9 Å². The van der Waals surface area contributed by atoms with Gasteiger partial charge in [0.15, 0.2) is 5.78 Å². The van der Waals surface area contributed by atoms with E-state index in [1.807, 2.05) is 47.8 Å². The Morgan fingerprint density at radius 1 is 1.03 bits per heavy atom. The predicted octanol–water partition coefficient (Wildman–Crippen LogP) is 4.46. The van der Waals surface area contributed by atoms with Gasteiger partial charge in [-0.15, -0.1) is 23.7 Å². The minimum absolute atomic E-state index is 0. The number of ketones is 1. The zero-order chi connectivity index (χ0) is 19.9. The first kappa shape index (κ1) is 22.6. The number of thiophene rings is 1. The van der Waals surface area contributed by atoms with Crippen molar-refractivity contribution >= 4 is 35.5 Å². The van der Waals surface area contributed by atoms with Crippen molar-refractivity contribution in [3.63, 3.8) is 0 Å². The molecule has 29 heavy (non-hydrogen) atoms. The summed E-state index contributed by atoms with van der Waals surface area (Å²) >= 11 is 1.58. The Morgan fingerprint density at radius 3 is 2.45 bits per heavy atom. The van der Waals surface area contributed by atoms with E-state index in [0.29, 0.717) is 30.0 Å². The molecule has 0 spiro atoms. The largest absolute Gasteiger partial charge is 0.492 e. The molecule has 0 unspecified atom stereocenters. The van der Waals surface area contributed by atoms with Gasteiger partial charge in [-0.1, -0.05) is 36.4 Å². The predicted molar refractivity (Wildman–Crippen MR) is 118 cm³/mol. The lowest BCUT2D eigenvalue weighted by molar-refractivity contribution is -0.138. The van der Waals surface area contributed by atoms with Crippen molar-refractivity contribution < 1.29 is 19.4 Å². The van der Waals surface area contributed by atoms with Crippen LogP contribution in [-0.4, -0.2) is 48.5 Å². The molecule has 7 heteroatoms. The summed E-state index contributed by atoms with van der Waals surface area (Å²) in [5, 5.41) is 10.8. The molecule has 3 rings (SSSR count). The second-order valence-corrected chi connectivity index (χ2v) is 7.31. The standard InChI is InChI=1S/C22H21NO4S.ClH/c1-23(15-21(24)25)11-12-27-19-10-9-17(14-18(19)20-8-5-13-28-20)22(26)16-6-3-2-4-7-16;/h2-10,13-14H,11-12,15H2,1H3,(H,24,25);1H. The topological polar surface area (TPSA) is 66.8 Å². The van der Waals surface area contributed by atoms with Gasteiger partial charge in [0, 0.05) is 28.1 Å². The fourth-order valence-corrected chi connectivity index (χ4v) is 3.55. The van der Waals surface area contributed by atoms with Crippen LogP contribution in [0.2, 0.25) is 0 Å². The fourth-order valence-electron chi connectivity index (χ4n) is 2.80. The molecule has 0 aliphatic rings. The van der Waals surface area contributed by atoms with Gasteiger partial charge in [-0.05, 0) is 36.7 Å². The second-order valence-electron chi connectivity index (χ2n) is 6.36. The molecule has 0 radical (unpaired) electrons. The van der Waals surface area contributed by atoms with Gasteiger partial charge in [-0.25, -0.2) is 0 Å². The molecule has 1 heterocycles. The van der Waals surface area contributed by atoms with Crippen molar-refractivity contribution in [3.8, 4) is 16.2 Å². The highest BCUT2D eigenvalue weighted by molar-refractivity contribution is 7.13. The highest BCUT2D eigenvalue weighted by Gasteiger charge is 2.15. The number of likely N-dealkylation sites (N-methyl/N-ethyl adjacent to an activating group) is 1. The van der Waals surface area contributed by atoms with Gasteiger partial charge in [0.25, 0.3) is 0 Å². The Balaban J connectivity index is 0.00000300. The van der Waals surface area contributed by atoms with E-state index in [2.05, 4.69) is 0 Å². The molecule has 5 nitrogen and oxygen atoms in total. The van der Waals surface area contributed by atoms with Crippen LogP contribution in [0.3, 0.4) is 0 Å². The first-order valence-corrected chi connectivity index (χ1v) is 9.73. The molecular weight excluding hydrogens is 410 g/mol. The molecule has 0 aliphatic heterocycles. The summed E-state index contributed by atoms with van der Waals surface area (Å²) in [4.78, 5) is 26.2. The molecule has 0 aliphatic carbocycles. The number of nitrogens with zero attached hydrogens (tertiary/aromatic N) is 1. The number of ether oxygens (including phenoxy) is 1. The average Bonchev–Trinajstić information content (AvgIpc) is 3.22. The molecule has 1 N–H and O–H groups in total. The van der Waals surface area contributed by atoms with Crippen molar-refractivity contribution in [2.45, 2.75) is 0 Å². The Kier molecular flexibility index (Phi) is 8.39. The summed E-state index contributed by atoms with van der Waals surface area (Å²) in [7, 11) is 1.74. The smallest absolute Gasteiger partial charge is 0.317 e. The monoisotopic (exact) mass is 431 g/mol. The van der Waals surface area contributed by atoms with E-state index in [-0.39, 0.29) is 24.7 Å². The van der Waals surface area contributed by atoms with Crippen LogP contribution < -0.4 is 4.74 Å². The third-order valence-electron chi connectivity index (χ3n) is 4.20. The first-order valence-electron chi connectivity index (χ1n) is 8.85. The van der Waals surface area contributed by atoms with Crippen LogP contribution in [0.4, 0.5) is 0 Å². The number of rotatable bonds is 9. The maximum Gasteiger partial charge on any atom is 0.317 e. The van der Waals surface area contributed by atoms with E-state index in [0.717, 1.165) is 10.4 Å². The Morgan fingerprint density at radius 2 is 1.79 bits per heavy atom. The van der Waals surface area contributed by atoms with Crippen LogP contribution in [0.5, 0.6) is 5.75 Å². The van der Waals surface area contributed by atoms with Gasteiger partial charge >= 0.3 is 5.97 Å². The van der Waals surface area contributed by atoms with Crippen LogP contribution in [0.25, 0.3) is 10.4 Å². The molecule has 0 atom stereocenters. The number of hydrogen-bond acceptors (Lipinski definition) is 5. The van der Waals surface area contributed by atoms with Crippen molar-refractivity contribution in [3.05, 3.63) is 77.2 Å². The number of halogens is 1. The number of hydrogen-bond donors (Lipinski definition) is 1. The van der Waals surface area contributed by atoms with E-state index in [1.54, 1.807) is 41.5 Å². The van der Waals surface area contributed by atoms with Crippen molar-refractivity contribution in [1.29, 1.82) is 0 Å². The molecule has 0 bridgehead atoms. The van der Waals surface area contributed by atoms with Crippen LogP contribution in [0, 0.1) is 0 Å². The van der Waals surface area contributed by atoms with Gasteiger partial charge < -0.3 is 9.84 Å². The van der Waals surface area contributed by atoms with Crippen molar-refractivity contribution in [2.75, 3.05) is 26.7 Å². The lowest BCUT2D eigenvalue weighted by Crippen LogP contribution is -2.29. The summed E-state index contributed by atoms with van der Waals surface area (Å²) in [6.07, 6.45) is 0.